The Kier molecular flexibility index (Phi) is 3.10. The molecule has 0 aliphatic rings. The fourth-order valence-corrected chi connectivity index (χ4v) is 1.54. The van der Waals surface area contributed by atoms with Gasteiger partial charge < -0.3 is 5.11 Å². The Morgan fingerprint density at radius 3 is 2.78 bits per heavy atom. The van der Waals surface area contributed by atoms with Gasteiger partial charge in [-0.05, 0) is 18.1 Å². The number of aromatic carboxylic acids is 1. The van der Waals surface area contributed by atoms with Crippen LogP contribution in [0.1, 0.15) is 35.8 Å². The maximum atomic E-state index is 13.0. The molecular formula is C12H12FN3O2. The Morgan fingerprint density at radius 2 is 2.22 bits per heavy atom. The Labute approximate surface area is 103 Å². The summed E-state index contributed by atoms with van der Waals surface area (Å²) in [6.45, 7) is 3.95. The van der Waals surface area contributed by atoms with E-state index >= 15 is 0 Å². The Hall–Kier alpha value is -2.24. The van der Waals surface area contributed by atoms with Gasteiger partial charge in [-0.1, -0.05) is 13.8 Å². The molecule has 0 saturated carbocycles. The predicted octanol–water partition coefficient (Wildman–Crippen LogP) is 2.23. The van der Waals surface area contributed by atoms with E-state index in [4.69, 9.17) is 5.11 Å². The molecule has 0 aliphatic heterocycles. The Balaban J connectivity index is 2.52. The second kappa shape index (κ2) is 4.56. The molecule has 0 aliphatic carbocycles. The van der Waals surface area contributed by atoms with Crippen LogP contribution in [0.2, 0.25) is 0 Å². The van der Waals surface area contributed by atoms with Gasteiger partial charge in [0.2, 0.25) is 0 Å². The molecule has 2 aromatic heterocycles. The molecule has 5 nitrogen and oxygen atoms in total. The SMILES string of the molecule is CC(C)c1ccn(-c2ncc(F)cc2C(=O)O)n1. The lowest BCUT2D eigenvalue weighted by molar-refractivity contribution is 0.0695. The van der Waals surface area contributed by atoms with Crippen LogP contribution in [-0.4, -0.2) is 25.8 Å². The summed E-state index contributed by atoms with van der Waals surface area (Å²) in [6, 6.07) is 2.71. The van der Waals surface area contributed by atoms with Gasteiger partial charge in [0.05, 0.1) is 11.9 Å². The zero-order valence-electron chi connectivity index (χ0n) is 9.96. The molecule has 0 fully saturated rings. The van der Waals surface area contributed by atoms with Crippen LogP contribution in [0.3, 0.4) is 0 Å². The van der Waals surface area contributed by atoms with Crippen LogP contribution < -0.4 is 0 Å². The smallest absolute Gasteiger partial charge is 0.339 e. The summed E-state index contributed by atoms with van der Waals surface area (Å²) >= 11 is 0. The average Bonchev–Trinajstić information content (AvgIpc) is 2.78. The number of hydrogen-bond acceptors (Lipinski definition) is 3. The number of carboxylic acid groups (broad SMARTS) is 1. The van der Waals surface area contributed by atoms with E-state index in [1.807, 2.05) is 13.8 Å². The molecule has 0 aromatic carbocycles. The third kappa shape index (κ3) is 2.22. The van der Waals surface area contributed by atoms with Gasteiger partial charge in [-0.2, -0.15) is 5.10 Å². The minimum absolute atomic E-state index is 0.107. The lowest BCUT2D eigenvalue weighted by Crippen LogP contribution is -2.09. The van der Waals surface area contributed by atoms with Gasteiger partial charge in [0.15, 0.2) is 5.82 Å². The molecule has 94 valence electrons. The van der Waals surface area contributed by atoms with Crippen LogP contribution in [0.15, 0.2) is 24.5 Å². The first-order valence-electron chi connectivity index (χ1n) is 5.44. The minimum atomic E-state index is -1.24. The maximum Gasteiger partial charge on any atom is 0.339 e. The normalized spacial score (nSPS) is 10.9. The fraction of sp³-hybridized carbons (Fsp3) is 0.250. The highest BCUT2D eigenvalue weighted by atomic mass is 19.1. The van der Waals surface area contributed by atoms with Crippen LogP contribution >= 0.6 is 0 Å². The van der Waals surface area contributed by atoms with Gasteiger partial charge in [0.25, 0.3) is 0 Å². The van der Waals surface area contributed by atoms with E-state index in [1.54, 1.807) is 12.3 Å². The quantitative estimate of drug-likeness (QED) is 0.905. The summed E-state index contributed by atoms with van der Waals surface area (Å²) in [5.74, 6) is -1.60. The van der Waals surface area contributed by atoms with Gasteiger partial charge in [-0.15, -0.1) is 0 Å². The van der Waals surface area contributed by atoms with Crippen LogP contribution in [0.5, 0.6) is 0 Å². The summed E-state index contributed by atoms with van der Waals surface area (Å²) in [5, 5.41) is 13.2. The van der Waals surface area contributed by atoms with E-state index in [-0.39, 0.29) is 17.3 Å². The number of pyridine rings is 1. The van der Waals surface area contributed by atoms with Crippen LogP contribution in [0.4, 0.5) is 4.39 Å². The van der Waals surface area contributed by atoms with Crippen molar-refractivity contribution in [1.29, 1.82) is 0 Å². The Morgan fingerprint density at radius 1 is 1.50 bits per heavy atom. The molecule has 0 bridgehead atoms. The zero-order valence-corrected chi connectivity index (χ0v) is 9.96. The number of halogens is 1. The number of hydrogen-bond donors (Lipinski definition) is 1. The molecule has 0 amide bonds. The largest absolute Gasteiger partial charge is 0.478 e. The number of carboxylic acids is 1. The molecule has 0 spiro atoms. The van der Waals surface area contributed by atoms with E-state index in [0.717, 1.165) is 18.0 Å². The number of carbonyl (C=O) groups is 1. The summed E-state index contributed by atoms with van der Waals surface area (Å²) in [5.41, 5.74) is 0.603. The molecule has 2 rings (SSSR count). The average molecular weight is 249 g/mol. The molecule has 2 heterocycles. The lowest BCUT2D eigenvalue weighted by Gasteiger charge is -2.05. The van der Waals surface area contributed by atoms with Crippen molar-refractivity contribution in [3.05, 3.63) is 41.6 Å². The standard InChI is InChI=1S/C12H12FN3O2/c1-7(2)10-3-4-16(15-10)11-9(12(17)18)5-8(13)6-14-11/h3-7H,1-2H3,(H,17,18). The van der Waals surface area contributed by atoms with Crippen molar-refractivity contribution in [2.45, 2.75) is 19.8 Å². The topological polar surface area (TPSA) is 68.0 Å². The van der Waals surface area contributed by atoms with Gasteiger partial charge in [0.1, 0.15) is 11.4 Å². The van der Waals surface area contributed by atoms with Crippen molar-refractivity contribution in [1.82, 2.24) is 14.8 Å². The van der Waals surface area contributed by atoms with Crippen molar-refractivity contribution >= 4 is 5.97 Å². The van der Waals surface area contributed by atoms with Gasteiger partial charge in [0, 0.05) is 6.20 Å². The molecule has 18 heavy (non-hydrogen) atoms. The molecule has 0 radical (unpaired) electrons. The molecule has 0 saturated heterocycles. The van der Waals surface area contributed by atoms with Gasteiger partial charge in [-0.25, -0.2) is 18.9 Å². The van der Waals surface area contributed by atoms with Crippen LogP contribution in [0.25, 0.3) is 5.82 Å². The first-order chi connectivity index (χ1) is 8.49. The van der Waals surface area contributed by atoms with Gasteiger partial charge in [-0.3, -0.25) is 0 Å². The highest BCUT2D eigenvalue weighted by Gasteiger charge is 2.16. The van der Waals surface area contributed by atoms with E-state index in [2.05, 4.69) is 10.1 Å². The number of nitrogens with zero attached hydrogens (tertiary/aromatic N) is 3. The van der Waals surface area contributed by atoms with Crippen LogP contribution in [0, 0.1) is 5.82 Å². The third-order valence-corrected chi connectivity index (χ3v) is 2.48. The van der Waals surface area contributed by atoms with Crippen molar-refractivity contribution in [3.63, 3.8) is 0 Å². The van der Waals surface area contributed by atoms with E-state index < -0.39 is 11.8 Å². The summed E-state index contributed by atoms with van der Waals surface area (Å²) in [4.78, 5) is 14.8. The number of aromatic nitrogens is 3. The van der Waals surface area contributed by atoms with E-state index in [1.165, 1.54) is 4.68 Å². The van der Waals surface area contributed by atoms with Crippen molar-refractivity contribution < 1.29 is 14.3 Å². The maximum absolute atomic E-state index is 13.0. The van der Waals surface area contributed by atoms with Crippen molar-refractivity contribution in [2.75, 3.05) is 0 Å². The summed E-state index contributed by atoms with van der Waals surface area (Å²) in [7, 11) is 0. The van der Waals surface area contributed by atoms with E-state index in [0.29, 0.717) is 0 Å². The predicted molar refractivity (Wildman–Crippen MR) is 62.4 cm³/mol. The molecule has 0 unspecified atom stereocenters. The number of rotatable bonds is 3. The van der Waals surface area contributed by atoms with E-state index in [9.17, 15) is 9.18 Å². The van der Waals surface area contributed by atoms with Crippen molar-refractivity contribution in [2.24, 2.45) is 0 Å². The third-order valence-electron chi connectivity index (χ3n) is 2.48. The second-order valence-corrected chi connectivity index (χ2v) is 4.17. The summed E-state index contributed by atoms with van der Waals surface area (Å²) in [6.07, 6.45) is 2.58. The first kappa shape index (κ1) is 12.2. The monoisotopic (exact) mass is 249 g/mol. The van der Waals surface area contributed by atoms with Gasteiger partial charge >= 0.3 is 5.97 Å². The molecular weight excluding hydrogens is 237 g/mol. The summed E-state index contributed by atoms with van der Waals surface area (Å²) < 4.78 is 14.3. The zero-order chi connectivity index (χ0) is 13.3. The first-order valence-corrected chi connectivity index (χ1v) is 5.44. The molecule has 0 atom stereocenters. The van der Waals surface area contributed by atoms with Crippen LogP contribution in [-0.2, 0) is 0 Å². The fourth-order valence-electron chi connectivity index (χ4n) is 1.54. The second-order valence-electron chi connectivity index (χ2n) is 4.17. The highest BCUT2D eigenvalue weighted by Crippen LogP contribution is 2.16. The molecule has 2 aromatic rings. The molecule has 6 heteroatoms. The Bertz CT molecular complexity index is 593. The minimum Gasteiger partial charge on any atom is -0.478 e. The van der Waals surface area contributed by atoms with Crippen molar-refractivity contribution in [3.8, 4) is 5.82 Å². The highest BCUT2D eigenvalue weighted by molar-refractivity contribution is 5.91. The molecule has 1 N–H and O–H groups in total. The lowest BCUT2D eigenvalue weighted by atomic mass is 10.1.